The van der Waals surface area contributed by atoms with Crippen molar-refractivity contribution in [2.45, 2.75) is 18.9 Å². The van der Waals surface area contributed by atoms with Crippen molar-refractivity contribution in [1.82, 2.24) is 5.32 Å². The molecule has 0 saturated carbocycles. The molecule has 6 heteroatoms. The van der Waals surface area contributed by atoms with E-state index in [1.807, 2.05) is 0 Å². The lowest BCUT2D eigenvalue weighted by Gasteiger charge is -2.17. The Hall–Kier alpha value is -2.04. The van der Waals surface area contributed by atoms with E-state index in [9.17, 15) is 9.59 Å². The van der Waals surface area contributed by atoms with Gasteiger partial charge in [0, 0.05) is 10.0 Å². The van der Waals surface area contributed by atoms with E-state index in [1.165, 1.54) is 0 Å². The third kappa shape index (κ3) is 5.58. The Kier molecular flexibility index (Phi) is 6.02. The van der Waals surface area contributed by atoms with Gasteiger partial charge in [-0.3, -0.25) is 9.59 Å². The molecule has 0 spiro atoms. The summed E-state index contributed by atoms with van der Waals surface area (Å²) < 4.78 is 0. The molecule has 0 aromatic heterocycles. The Balaban J connectivity index is 2.07. The number of nitrogens with one attached hydrogen (secondary N) is 1. The second kappa shape index (κ2) is 7.99. The van der Waals surface area contributed by atoms with Crippen molar-refractivity contribution in [3.05, 3.63) is 69.7 Å². The van der Waals surface area contributed by atoms with Crippen LogP contribution in [0.3, 0.4) is 0 Å². The molecule has 0 aliphatic heterocycles. The molecule has 23 heavy (non-hydrogen) atoms. The fourth-order valence-electron chi connectivity index (χ4n) is 2.15. The van der Waals surface area contributed by atoms with Crippen LogP contribution in [0.15, 0.2) is 48.5 Å². The summed E-state index contributed by atoms with van der Waals surface area (Å²) in [5.74, 6) is -1.25. The van der Waals surface area contributed by atoms with Crippen LogP contribution in [0.4, 0.5) is 0 Å². The van der Waals surface area contributed by atoms with Gasteiger partial charge >= 0.3 is 5.97 Å². The van der Waals surface area contributed by atoms with Gasteiger partial charge < -0.3 is 10.4 Å². The fourth-order valence-corrected chi connectivity index (χ4v) is 2.41. The summed E-state index contributed by atoms with van der Waals surface area (Å²) in [7, 11) is 0. The van der Waals surface area contributed by atoms with E-state index in [1.54, 1.807) is 48.5 Å². The topological polar surface area (TPSA) is 66.4 Å². The summed E-state index contributed by atoms with van der Waals surface area (Å²) in [4.78, 5) is 23.2. The number of halogens is 2. The molecule has 2 N–H and O–H groups in total. The van der Waals surface area contributed by atoms with Crippen LogP contribution in [0.25, 0.3) is 0 Å². The van der Waals surface area contributed by atoms with Gasteiger partial charge in [-0.2, -0.15) is 0 Å². The van der Waals surface area contributed by atoms with Gasteiger partial charge in [-0.1, -0.05) is 47.5 Å². The molecule has 0 fully saturated rings. The fraction of sp³-hybridized carbons (Fsp3) is 0.176. The number of aliphatic carboxylic acids is 1. The van der Waals surface area contributed by atoms with Crippen molar-refractivity contribution in [2.24, 2.45) is 0 Å². The number of benzene rings is 2. The first-order chi connectivity index (χ1) is 10.9. The predicted molar refractivity (Wildman–Crippen MR) is 89.7 cm³/mol. The number of hydrogen-bond acceptors (Lipinski definition) is 2. The zero-order valence-electron chi connectivity index (χ0n) is 12.1. The van der Waals surface area contributed by atoms with Crippen LogP contribution < -0.4 is 5.32 Å². The summed E-state index contributed by atoms with van der Waals surface area (Å²) in [6, 6.07) is 13.1. The van der Waals surface area contributed by atoms with E-state index in [2.05, 4.69) is 5.32 Å². The Morgan fingerprint density at radius 3 is 2.00 bits per heavy atom. The Bertz CT molecular complexity index is 684. The number of rotatable bonds is 6. The lowest BCUT2D eigenvalue weighted by Crippen LogP contribution is -2.31. The Morgan fingerprint density at radius 1 is 0.957 bits per heavy atom. The third-order valence-corrected chi connectivity index (χ3v) is 3.77. The molecule has 120 valence electrons. The van der Waals surface area contributed by atoms with Crippen molar-refractivity contribution in [2.75, 3.05) is 0 Å². The van der Waals surface area contributed by atoms with Crippen LogP contribution >= 0.6 is 23.2 Å². The Labute approximate surface area is 144 Å². The number of carbonyl (C=O) groups excluding carboxylic acids is 1. The van der Waals surface area contributed by atoms with Gasteiger partial charge in [0.05, 0.1) is 18.9 Å². The average Bonchev–Trinajstić information content (AvgIpc) is 2.49. The molecule has 0 heterocycles. The molecular weight excluding hydrogens is 337 g/mol. The van der Waals surface area contributed by atoms with Gasteiger partial charge in [0.25, 0.3) is 0 Å². The maximum absolute atomic E-state index is 12.2. The van der Waals surface area contributed by atoms with Crippen LogP contribution in [0.5, 0.6) is 0 Å². The minimum atomic E-state index is -0.989. The summed E-state index contributed by atoms with van der Waals surface area (Å²) in [5, 5.41) is 12.9. The number of carboxylic acid groups (broad SMARTS) is 1. The van der Waals surface area contributed by atoms with Crippen LogP contribution in [0.2, 0.25) is 10.0 Å². The van der Waals surface area contributed by atoms with E-state index in [-0.39, 0.29) is 18.7 Å². The molecule has 1 atom stereocenters. The van der Waals surface area contributed by atoms with Crippen LogP contribution in [-0.2, 0) is 16.0 Å². The molecule has 2 aromatic carbocycles. The first-order valence-corrected chi connectivity index (χ1v) is 7.70. The molecule has 2 aromatic rings. The van der Waals surface area contributed by atoms with Crippen molar-refractivity contribution in [3.8, 4) is 0 Å². The van der Waals surface area contributed by atoms with E-state index in [0.717, 1.165) is 5.56 Å². The molecule has 0 saturated heterocycles. The van der Waals surface area contributed by atoms with E-state index >= 15 is 0 Å². The molecule has 0 aliphatic rings. The minimum absolute atomic E-state index is 0.154. The number of carbonyl (C=O) groups is 2. The maximum Gasteiger partial charge on any atom is 0.305 e. The van der Waals surface area contributed by atoms with Crippen molar-refractivity contribution < 1.29 is 14.7 Å². The molecule has 2 rings (SSSR count). The summed E-state index contributed by atoms with van der Waals surface area (Å²) in [6.45, 7) is 0. The summed E-state index contributed by atoms with van der Waals surface area (Å²) in [6.07, 6.45) is -0.0468. The molecule has 0 bridgehead atoms. The molecule has 4 nitrogen and oxygen atoms in total. The predicted octanol–water partition coefficient (Wildman–Crippen LogP) is 3.87. The second-order valence-electron chi connectivity index (χ2n) is 5.07. The van der Waals surface area contributed by atoms with Crippen LogP contribution in [0, 0.1) is 0 Å². The molecule has 1 amide bonds. The lowest BCUT2D eigenvalue weighted by molar-refractivity contribution is -0.137. The first-order valence-electron chi connectivity index (χ1n) is 6.95. The SMILES string of the molecule is O=C(O)C[C@@H](NC(=O)Cc1ccc(Cl)cc1)c1ccc(Cl)cc1. The maximum atomic E-state index is 12.2. The largest absolute Gasteiger partial charge is 0.481 e. The van der Waals surface area contributed by atoms with Crippen molar-refractivity contribution in [3.63, 3.8) is 0 Å². The number of carboxylic acids is 1. The van der Waals surface area contributed by atoms with E-state index in [0.29, 0.717) is 15.6 Å². The standard InChI is InChI=1S/C17H15Cl2NO3/c18-13-5-1-11(2-6-13)9-16(21)20-15(10-17(22)23)12-3-7-14(19)8-4-12/h1-8,15H,9-10H2,(H,20,21)(H,22,23)/t15-/m1/s1. The highest BCUT2D eigenvalue weighted by Gasteiger charge is 2.18. The summed E-state index contributed by atoms with van der Waals surface area (Å²) in [5.41, 5.74) is 1.50. The quantitative estimate of drug-likeness (QED) is 0.829. The third-order valence-electron chi connectivity index (χ3n) is 3.26. The molecule has 0 radical (unpaired) electrons. The highest BCUT2D eigenvalue weighted by Crippen LogP contribution is 2.20. The lowest BCUT2D eigenvalue weighted by atomic mass is 10.0. The van der Waals surface area contributed by atoms with Gasteiger partial charge in [0.15, 0.2) is 0 Å². The smallest absolute Gasteiger partial charge is 0.305 e. The minimum Gasteiger partial charge on any atom is -0.481 e. The van der Waals surface area contributed by atoms with Gasteiger partial charge in [0.2, 0.25) is 5.91 Å². The van der Waals surface area contributed by atoms with Crippen molar-refractivity contribution >= 4 is 35.1 Å². The first kappa shape index (κ1) is 17.3. The van der Waals surface area contributed by atoms with Crippen molar-refractivity contribution in [1.29, 1.82) is 0 Å². The van der Waals surface area contributed by atoms with Gasteiger partial charge in [-0.15, -0.1) is 0 Å². The van der Waals surface area contributed by atoms with E-state index in [4.69, 9.17) is 28.3 Å². The van der Waals surface area contributed by atoms with Gasteiger partial charge in [0.1, 0.15) is 0 Å². The molecule has 0 unspecified atom stereocenters. The molecular formula is C17H15Cl2NO3. The highest BCUT2D eigenvalue weighted by atomic mass is 35.5. The van der Waals surface area contributed by atoms with E-state index < -0.39 is 12.0 Å². The number of hydrogen-bond donors (Lipinski definition) is 2. The van der Waals surface area contributed by atoms with Gasteiger partial charge in [-0.25, -0.2) is 0 Å². The average molecular weight is 352 g/mol. The number of amides is 1. The van der Waals surface area contributed by atoms with Crippen LogP contribution in [0.1, 0.15) is 23.6 Å². The molecule has 0 aliphatic carbocycles. The Morgan fingerprint density at radius 2 is 1.48 bits per heavy atom. The zero-order valence-corrected chi connectivity index (χ0v) is 13.6. The second-order valence-corrected chi connectivity index (χ2v) is 5.95. The van der Waals surface area contributed by atoms with Crippen LogP contribution in [-0.4, -0.2) is 17.0 Å². The summed E-state index contributed by atoms with van der Waals surface area (Å²) >= 11 is 11.6. The monoisotopic (exact) mass is 351 g/mol. The normalized spacial score (nSPS) is 11.7. The zero-order chi connectivity index (χ0) is 16.8. The van der Waals surface area contributed by atoms with Gasteiger partial charge in [-0.05, 0) is 35.4 Å². The highest BCUT2D eigenvalue weighted by molar-refractivity contribution is 6.30.